The topological polar surface area (TPSA) is 65.1 Å². The molecule has 3 rings (SSSR count). The molecule has 140 valence electrons. The third-order valence-corrected chi connectivity index (χ3v) is 4.76. The van der Waals surface area contributed by atoms with Crippen molar-refractivity contribution >= 4 is 34.7 Å². The van der Waals surface area contributed by atoms with E-state index in [9.17, 15) is 9.59 Å². The second-order valence-corrected chi connectivity index (χ2v) is 6.56. The Hall–Kier alpha value is -2.93. The lowest BCUT2D eigenvalue weighted by molar-refractivity contribution is -0.113. The van der Waals surface area contributed by atoms with Crippen molar-refractivity contribution in [3.63, 3.8) is 0 Å². The van der Waals surface area contributed by atoms with Crippen molar-refractivity contribution in [3.8, 4) is 17.2 Å². The Morgan fingerprint density at radius 3 is 2.56 bits per heavy atom. The number of thioether (sulfide) groups is 1. The van der Waals surface area contributed by atoms with Crippen molar-refractivity contribution in [3.05, 3.63) is 52.9 Å². The van der Waals surface area contributed by atoms with Crippen LogP contribution in [0.25, 0.3) is 6.08 Å². The zero-order chi connectivity index (χ0) is 19.4. The summed E-state index contributed by atoms with van der Waals surface area (Å²) in [6.45, 7) is 2.41. The molecule has 0 aliphatic carbocycles. The summed E-state index contributed by atoms with van der Waals surface area (Å²) in [5, 5.41) is -0.350. The Kier molecular flexibility index (Phi) is 5.71. The lowest BCUT2D eigenvalue weighted by Crippen LogP contribution is -2.27. The predicted molar refractivity (Wildman–Crippen MR) is 106 cm³/mol. The molecular weight excluding hydrogens is 366 g/mol. The molecule has 2 aromatic rings. The lowest BCUT2D eigenvalue weighted by Gasteiger charge is -2.13. The zero-order valence-electron chi connectivity index (χ0n) is 15.2. The number of amides is 2. The summed E-state index contributed by atoms with van der Waals surface area (Å²) in [5.74, 6) is 1.40. The van der Waals surface area contributed by atoms with Gasteiger partial charge < -0.3 is 14.2 Å². The number of rotatable bonds is 6. The minimum absolute atomic E-state index is 0.342. The maximum absolute atomic E-state index is 12.8. The number of hydrogen-bond donors (Lipinski definition) is 0. The van der Waals surface area contributed by atoms with Crippen LogP contribution >= 0.6 is 11.8 Å². The molecule has 7 heteroatoms. The molecule has 1 aliphatic heterocycles. The highest BCUT2D eigenvalue weighted by atomic mass is 32.2. The first-order valence-electron chi connectivity index (χ1n) is 8.30. The molecule has 1 heterocycles. The third kappa shape index (κ3) is 3.93. The average molecular weight is 385 g/mol. The first-order valence-corrected chi connectivity index (χ1v) is 9.12. The van der Waals surface area contributed by atoms with E-state index in [0.29, 0.717) is 34.4 Å². The highest BCUT2D eigenvalue weighted by molar-refractivity contribution is 8.19. The standard InChI is InChI=1S/C20H19NO5S/c1-4-26-16-9-8-13(10-17(16)25-3)11-18-19(22)21(20(23)27-18)14-6-5-7-15(12-14)24-2/h5-12H,4H2,1-3H3/b18-11-. The first kappa shape index (κ1) is 18.8. The van der Waals surface area contributed by atoms with Crippen LogP contribution in [0.15, 0.2) is 47.4 Å². The van der Waals surface area contributed by atoms with Crippen molar-refractivity contribution < 1.29 is 23.8 Å². The van der Waals surface area contributed by atoms with Crippen LogP contribution in [-0.4, -0.2) is 32.0 Å². The Morgan fingerprint density at radius 1 is 1.04 bits per heavy atom. The van der Waals surface area contributed by atoms with Crippen molar-refractivity contribution in [2.75, 3.05) is 25.7 Å². The summed E-state index contributed by atoms with van der Waals surface area (Å²) in [5.41, 5.74) is 1.22. The Labute approximate surface area is 161 Å². The number of methoxy groups -OCH3 is 2. The van der Waals surface area contributed by atoms with Gasteiger partial charge in [-0.05, 0) is 54.6 Å². The fraction of sp³-hybridized carbons (Fsp3) is 0.200. The molecule has 0 aromatic heterocycles. The highest BCUT2D eigenvalue weighted by Gasteiger charge is 2.36. The quantitative estimate of drug-likeness (QED) is 0.689. The molecule has 1 fully saturated rings. The van der Waals surface area contributed by atoms with Gasteiger partial charge in [-0.15, -0.1) is 0 Å². The van der Waals surface area contributed by atoms with Crippen LogP contribution in [0.3, 0.4) is 0 Å². The van der Waals surface area contributed by atoms with Gasteiger partial charge in [0.2, 0.25) is 0 Å². The predicted octanol–water partition coefficient (Wildman–Crippen LogP) is 4.34. The number of benzene rings is 2. The molecule has 0 atom stereocenters. The smallest absolute Gasteiger partial charge is 0.298 e. The number of carbonyl (C=O) groups is 2. The molecule has 0 spiro atoms. The maximum Gasteiger partial charge on any atom is 0.298 e. The summed E-state index contributed by atoms with van der Waals surface area (Å²) in [6.07, 6.45) is 1.67. The summed E-state index contributed by atoms with van der Waals surface area (Å²) in [4.78, 5) is 26.6. The van der Waals surface area contributed by atoms with E-state index >= 15 is 0 Å². The Balaban J connectivity index is 1.90. The number of nitrogens with zero attached hydrogens (tertiary/aromatic N) is 1. The number of imide groups is 1. The monoisotopic (exact) mass is 385 g/mol. The highest BCUT2D eigenvalue weighted by Crippen LogP contribution is 2.37. The van der Waals surface area contributed by atoms with Crippen molar-refractivity contribution in [1.29, 1.82) is 0 Å². The van der Waals surface area contributed by atoms with Crippen LogP contribution in [0.4, 0.5) is 10.5 Å². The minimum Gasteiger partial charge on any atom is -0.497 e. The average Bonchev–Trinajstić information content (AvgIpc) is 2.96. The zero-order valence-corrected chi connectivity index (χ0v) is 16.0. The molecule has 0 bridgehead atoms. The third-order valence-electron chi connectivity index (χ3n) is 3.89. The number of hydrogen-bond acceptors (Lipinski definition) is 6. The summed E-state index contributed by atoms with van der Waals surface area (Å²) in [6, 6.07) is 12.2. The second kappa shape index (κ2) is 8.18. The van der Waals surface area contributed by atoms with Gasteiger partial charge >= 0.3 is 0 Å². The van der Waals surface area contributed by atoms with E-state index < -0.39 is 0 Å². The largest absolute Gasteiger partial charge is 0.497 e. The molecule has 1 saturated heterocycles. The summed E-state index contributed by atoms with van der Waals surface area (Å²) in [7, 11) is 3.09. The fourth-order valence-corrected chi connectivity index (χ4v) is 3.48. The van der Waals surface area contributed by atoms with Gasteiger partial charge in [0.15, 0.2) is 11.5 Å². The van der Waals surface area contributed by atoms with Crippen LogP contribution in [0.1, 0.15) is 12.5 Å². The van der Waals surface area contributed by atoms with E-state index in [1.165, 1.54) is 7.11 Å². The van der Waals surface area contributed by atoms with Gasteiger partial charge in [-0.3, -0.25) is 9.59 Å². The van der Waals surface area contributed by atoms with Crippen molar-refractivity contribution in [1.82, 2.24) is 0 Å². The molecule has 6 nitrogen and oxygen atoms in total. The van der Waals surface area contributed by atoms with Gasteiger partial charge in [0.1, 0.15) is 5.75 Å². The number of carbonyl (C=O) groups excluding carboxylic acids is 2. The first-order chi connectivity index (χ1) is 13.1. The molecule has 0 radical (unpaired) electrons. The van der Waals surface area contributed by atoms with Gasteiger partial charge in [-0.2, -0.15) is 0 Å². The molecule has 0 unspecified atom stereocenters. The molecule has 27 heavy (non-hydrogen) atoms. The molecular formula is C20H19NO5S. The van der Waals surface area contributed by atoms with Crippen LogP contribution < -0.4 is 19.1 Å². The van der Waals surface area contributed by atoms with E-state index in [1.54, 1.807) is 49.6 Å². The van der Waals surface area contributed by atoms with E-state index in [4.69, 9.17) is 14.2 Å². The van der Waals surface area contributed by atoms with Crippen molar-refractivity contribution in [2.24, 2.45) is 0 Å². The molecule has 2 aromatic carbocycles. The Bertz CT molecular complexity index is 909. The van der Waals surface area contributed by atoms with Crippen LogP contribution in [0.2, 0.25) is 0 Å². The van der Waals surface area contributed by atoms with Crippen LogP contribution in [-0.2, 0) is 4.79 Å². The van der Waals surface area contributed by atoms with E-state index in [0.717, 1.165) is 22.2 Å². The number of anilines is 1. The van der Waals surface area contributed by atoms with Gasteiger partial charge in [-0.25, -0.2) is 4.90 Å². The molecule has 0 saturated carbocycles. The summed E-state index contributed by atoms with van der Waals surface area (Å²) < 4.78 is 16.0. The Morgan fingerprint density at radius 2 is 1.85 bits per heavy atom. The molecule has 2 amide bonds. The van der Waals surface area contributed by atoms with Gasteiger partial charge in [0.05, 0.1) is 31.4 Å². The summed E-state index contributed by atoms with van der Waals surface area (Å²) >= 11 is 0.898. The maximum atomic E-state index is 12.8. The normalized spacial score (nSPS) is 15.4. The van der Waals surface area contributed by atoms with Gasteiger partial charge in [-0.1, -0.05) is 12.1 Å². The van der Waals surface area contributed by atoms with Gasteiger partial charge in [0, 0.05) is 6.07 Å². The van der Waals surface area contributed by atoms with Crippen LogP contribution in [0.5, 0.6) is 17.2 Å². The fourth-order valence-electron chi connectivity index (χ4n) is 2.64. The van der Waals surface area contributed by atoms with Crippen LogP contribution in [0, 0.1) is 0 Å². The second-order valence-electron chi connectivity index (χ2n) is 5.56. The number of ether oxygens (including phenoxy) is 3. The SMILES string of the molecule is CCOc1ccc(/C=C2\SC(=O)N(c3cccc(OC)c3)C2=O)cc1OC. The van der Waals surface area contributed by atoms with E-state index in [1.807, 2.05) is 13.0 Å². The molecule has 1 aliphatic rings. The van der Waals surface area contributed by atoms with E-state index in [-0.39, 0.29) is 11.1 Å². The van der Waals surface area contributed by atoms with Gasteiger partial charge in [0.25, 0.3) is 11.1 Å². The van der Waals surface area contributed by atoms with Crippen molar-refractivity contribution in [2.45, 2.75) is 6.92 Å². The molecule has 0 N–H and O–H groups in total. The lowest BCUT2D eigenvalue weighted by atomic mass is 10.2. The van der Waals surface area contributed by atoms with E-state index in [2.05, 4.69) is 0 Å². The minimum atomic E-state index is -0.369.